The van der Waals surface area contributed by atoms with Crippen LogP contribution in [0.3, 0.4) is 0 Å². The van der Waals surface area contributed by atoms with E-state index in [-0.39, 0.29) is 18.1 Å². The van der Waals surface area contributed by atoms with E-state index in [1.54, 1.807) is 0 Å². The zero-order chi connectivity index (χ0) is 5.98. The highest BCUT2D eigenvalue weighted by molar-refractivity contribution is 5.94. The molecule has 0 aliphatic carbocycles. The van der Waals surface area contributed by atoms with Gasteiger partial charge in [-0.1, -0.05) is 0 Å². The highest BCUT2D eigenvalue weighted by Gasteiger charge is 2.10. The molecule has 1 N–H and O–H groups in total. The number of Topliss-reactive ketones (excluding diaryl/α,β-unsaturated/α-hetero) is 1. The Morgan fingerprint density at radius 1 is 1.75 bits per heavy atom. The fourth-order valence-corrected chi connectivity index (χ4v) is 0.477. The van der Waals surface area contributed by atoms with Crippen molar-refractivity contribution in [3.05, 3.63) is 11.8 Å². The smallest absolute Gasteiger partial charge is 0.222 e. The lowest BCUT2D eigenvalue weighted by atomic mass is 10.3. The van der Waals surface area contributed by atoms with Crippen LogP contribution in [0.25, 0.3) is 0 Å². The highest BCUT2D eigenvalue weighted by atomic mass is 16.5. The van der Waals surface area contributed by atoms with Gasteiger partial charge in [0, 0.05) is 0 Å². The lowest BCUT2D eigenvalue weighted by Crippen LogP contribution is -2.16. The summed E-state index contributed by atoms with van der Waals surface area (Å²) in [5.41, 5.74) is 0. The van der Waals surface area contributed by atoms with Gasteiger partial charge in [0.05, 0.1) is 6.61 Å². The third-order valence-corrected chi connectivity index (χ3v) is 0.913. The Morgan fingerprint density at radius 2 is 2.50 bits per heavy atom. The molecule has 0 aromatic rings. The van der Waals surface area contributed by atoms with Gasteiger partial charge in [-0.2, -0.15) is 0 Å². The molecule has 0 radical (unpaired) electrons. The van der Waals surface area contributed by atoms with Crippen LogP contribution in [0.4, 0.5) is 0 Å². The molecule has 0 aromatic heterocycles. The lowest BCUT2D eigenvalue weighted by molar-refractivity contribution is -0.123. The second-order valence-corrected chi connectivity index (χ2v) is 1.53. The minimum Gasteiger partial charge on any atom is -0.504 e. The average molecular weight is 114 g/mol. The van der Waals surface area contributed by atoms with Crippen molar-refractivity contribution in [2.75, 3.05) is 13.2 Å². The standard InChI is InChI=1S/C5H6O3/c6-4-1-2-8-3-5(4)7/h1,6H,2-3H2. The maximum atomic E-state index is 10.4. The summed E-state index contributed by atoms with van der Waals surface area (Å²) in [6.45, 7) is 0.361. The fraction of sp³-hybridized carbons (Fsp3) is 0.400. The van der Waals surface area contributed by atoms with Crippen LogP contribution in [0.1, 0.15) is 0 Å². The third kappa shape index (κ3) is 0.869. The number of ether oxygens (including phenoxy) is 1. The summed E-state index contributed by atoms with van der Waals surface area (Å²) in [5, 5.41) is 8.61. The first-order valence-corrected chi connectivity index (χ1v) is 2.31. The first kappa shape index (κ1) is 5.31. The first-order valence-electron chi connectivity index (χ1n) is 2.31. The summed E-state index contributed by atoms with van der Waals surface area (Å²) in [4.78, 5) is 10.4. The van der Waals surface area contributed by atoms with Gasteiger partial charge in [0.25, 0.3) is 0 Å². The zero-order valence-electron chi connectivity index (χ0n) is 4.26. The fourth-order valence-electron chi connectivity index (χ4n) is 0.477. The number of aliphatic hydroxyl groups excluding tert-OH is 1. The molecule has 3 nitrogen and oxygen atoms in total. The lowest BCUT2D eigenvalue weighted by Gasteiger charge is -2.05. The van der Waals surface area contributed by atoms with Crippen molar-refractivity contribution in [1.82, 2.24) is 0 Å². The Morgan fingerprint density at radius 3 is 2.88 bits per heavy atom. The van der Waals surface area contributed by atoms with Gasteiger partial charge in [-0.3, -0.25) is 4.79 Å². The monoisotopic (exact) mass is 114 g/mol. The van der Waals surface area contributed by atoms with Crippen LogP contribution in [0, 0.1) is 0 Å². The summed E-state index contributed by atoms with van der Waals surface area (Å²) < 4.78 is 4.67. The van der Waals surface area contributed by atoms with Crippen LogP contribution in [-0.2, 0) is 9.53 Å². The number of carbonyl (C=O) groups is 1. The maximum Gasteiger partial charge on any atom is 0.222 e. The van der Waals surface area contributed by atoms with Gasteiger partial charge >= 0.3 is 0 Å². The van der Waals surface area contributed by atoms with Crippen molar-refractivity contribution in [2.45, 2.75) is 0 Å². The van der Waals surface area contributed by atoms with E-state index in [9.17, 15) is 4.79 Å². The SMILES string of the molecule is O=C1COCC=C1O. The van der Waals surface area contributed by atoms with Gasteiger partial charge in [-0.15, -0.1) is 0 Å². The van der Waals surface area contributed by atoms with Crippen LogP contribution in [0.5, 0.6) is 0 Å². The maximum absolute atomic E-state index is 10.4. The zero-order valence-corrected chi connectivity index (χ0v) is 4.26. The van der Waals surface area contributed by atoms with Crippen LogP contribution in [0.15, 0.2) is 11.8 Å². The summed E-state index contributed by atoms with van der Waals surface area (Å²) in [6, 6.07) is 0. The molecule has 0 spiro atoms. The second kappa shape index (κ2) is 1.96. The molecule has 8 heavy (non-hydrogen) atoms. The Bertz CT molecular complexity index is 137. The van der Waals surface area contributed by atoms with E-state index in [4.69, 9.17) is 5.11 Å². The van der Waals surface area contributed by atoms with Crippen LogP contribution in [-0.4, -0.2) is 24.1 Å². The van der Waals surface area contributed by atoms with E-state index >= 15 is 0 Å². The molecule has 0 saturated heterocycles. The van der Waals surface area contributed by atoms with Gasteiger partial charge in [0.15, 0.2) is 5.76 Å². The molecule has 0 atom stereocenters. The molecule has 1 rings (SSSR count). The van der Waals surface area contributed by atoms with Crippen molar-refractivity contribution in [1.29, 1.82) is 0 Å². The molecule has 1 aliphatic rings. The predicted molar refractivity (Wildman–Crippen MR) is 26.5 cm³/mol. The van der Waals surface area contributed by atoms with Crippen LogP contribution >= 0.6 is 0 Å². The third-order valence-electron chi connectivity index (χ3n) is 0.913. The minimum atomic E-state index is -0.337. The van der Waals surface area contributed by atoms with E-state index in [0.717, 1.165) is 0 Å². The predicted octanol–water partition coefficient (Wildman–Crippen LogP) is 0.0276. The number of hydrogen-bond acceptors (Lipinski definition) is 3. The van der Waals surface area contributed by atoms with Crippen molar-refractivity contribution < 1.29 is 14.6 Å². The molecule has 0 saturated carbocycles. The number of aliphatic hydroxyl groups is 1. The van der Waals surface area contributed by atoms with Gasteiger partial charge in [-0.05, 0) is 6.08 Å². The number of rotatable bonds is 0. The largest absolute Gasteiger partial charge is 0.504 e. The van der Waals surface area contributed by atoms with Crippen LogP contribution < -0.4 is 0 Å². The van der Waals surface area contributed by atoms with E-state index in [2.05, 4.69) is 4.74 Å². The Labute approximate surface area is 46.6 Å². The summed E-state index contributed by atoms with van der Waals surface area (Å²) in [5.74, 6) is -0.507. The van der Waals surface area contributed by atoms with E-state index in [1.165, 1.54) is 6.08 Å². The molecular formula is C5H6O3. The first-order chi connectivity index (χ1) is 3.80. The average Bonchev–Trinajstić information content (AvgIpc) is 1.77. The second-order valence-electron chi connectivity index (χ2n) is 1.53. The molecule has 1 aliphatic heterocycles. The quantitative estimate of drug-likeness (QED) is 0.483. The molecule has 0 fully saturated rings. The van der Waals surface area contributed by atoms with E-state index in [1.807, 2.05) is 0 Å². The van der Waals surface area contributed by atoms with E-state index in [0.29, 0.717) is 6.61 Å². The van der Waals surface area contributed by atoms with Gasteiger partial charge in [0.2, 0.25) is 5.78 Å². The molecular weight excluding hydrogens is 108 g/mol. The summed E-state index contributed by atoms with van der Waals surface area (Å²) in [6.07, 6.45) is 1.35. The number of ketones is 1. The van der Waals surface area contributed by atoms with Gasteiger partial charge in [0.1, 0.15) is 6.61 Å². The minimum absolute atomic E-state index is 0.0162. The molecule has 0 amide bonds. The molecule has 44 valence electrons. The molecule has 1 heterocycles. The number of carbonyl (C=O) groups excluding carboxylic acids is 1. The topological polar surface area (TPSA) is 46.5 Å². The highest BCUT2D eigenvalue weighted by Crippen LogP contribution is 1.97. The Kier molecular flexibility index (Phi) is 1.30. The van der Waals surface area contributed by atoms with Crippen molar-refractivity contribution in [3.63, 3.8) is 0 Å². The summed E-state index contributed by atoms with van der Waals surface area (Å²) >= 11 is 0. The van der Waals surface area contributed by atoms with Gasteiger partial charge in [-0.25, -0.2) is 0 Å². The van der Waals surface area contributed by atoms with Gasteiger partial charge < -0.3 is 9.84 Å². The number of hydrogen-bond donors (Lipinski definition) is 1. The van der Waals surface area contributed by atoms with Crippen molar-refractivity contribution in [2.24, 2.45) is 0 Å². The Hall–Kier alpha value is -0.830. The molecule has 0 unspecified atom stereocenters. The van der Waals surface area contributed by atoms with Crippen LogP contribution in [0.2, 0.25) is 0 Å². The normalized spacial score (nSPS) is 20.5. The molecule has 3 heteroatoms. The van der Waals surface area contributed by atoms with Crippen molar-refractivity contribution >= 4 is 5.78 Å². The van der Waals surface area contributed by atoms with E-state index < -0.39 is 0 Å². The summed E-state index contributed by atoms with van der Waals surface area (Å²) in [7, 11) is 0. The van der Waals surface area contributed by atoms with Crippen molar-refractivity contribution in [3.8, 4) is 0 Å². The Balaban J connectivity index is 2.67. The molecule has 0 aromatic carbocycles. The molecule has 0 bridgehead atoms.